The Morgan fingerprint density at radius 3 is 2.68 bits per heavy atom. The number of urea groups is 1. The van der Waals surface area contributed by atoms with E-state index in [0.717, 1.165) is 25.7 Å². The van der Waals surface area contributed by atoms with Crippen LogP contribution in [0.1, 0.15) is 60.6 Å². The molecule has 7 heteroatoms. The molecule has 1 aliphatic rings. The van der Waals surface area contributed by atoms with Crippen molar-refractivity contribution in [2.45, 2.75) is 58.9 Å². The number of amides is 3. The smallest absolute Gasteiger partial charge is 0.348 e. The molecule has 0 radical (unpaired) electrons. The van der Waals surface area contributed by atoms with E-state index in [1.807, 2.05) is 6.07 Å². The van der Waals surface area contributed by atoms with E-state index in [-0.39, 0.29) is 0 Å². The Hall–Kier alpha value is -1.89. The van der Waals surface area contributed by atoms with Crippen molar-refractivity contribution in [3.63, 3.8) is 0 Å². The van der Waals surface area contributed by atoms with Crippen LogP contribution in [0.5, 0.6) is 0 Å². The summed E-state index contributed by atoms with van der Waals surface area (Å²) < 4.78 is 5.03. The molecule has 25 heavy (non-hydrogen) atoms. The molecule has 0 saturated carbocycles. The van der Waals surface area contributed by atoms with Crippen LogP contribution in [0.4, 0.5) is 4.79 Å². The number of nitrogens with one attached hydrogen (secondary N) is 2. The topological polar surface area (TPSA) is 84.5 Å². The van der Waals surface area contributed by atoms with Crippen LogP contribution in [0.15, 0.2) is 6.07 Å². The van der Waals surface area contributed by atoms with Crippen LogP contribution in [0.3, 0.4) is 0 Å². The lowest BCUT2D eigenvalue weighted by Gasteiger charge is -2.20. The number of hydrogen-bond donors (Lipinski definition) is 2. The Morgan fingerprint density at radius 2 is 2.04 bits per heavy atom. The van der Waals surface area contributed by atoms with E-state index in [0.29, 0.717) is 10.8 Å². The van der Waals surface area contributed by atoms with Crippen molar-refractivity contribution in [1.82, 2.24) is 10.6 Å². The van der Waals surface area contributed by atoms with Gasteiger partial charge in [0.05, 0.1) is 0 Å². The minimum Gasteiger partial charge on any atom is -0.451 e. The molecule has 3 amide bonds. The summed E-state index contributed by atoms with van der Waals surface area (Å²) in [5, 5.41) is 4.75. The van der Waals surface area contributed by atoms with Crippen molar-refractivity contribution in [3.05, 3.63) is 21.4 Å². The van der Waals surface area contributed by atoms with Gasteiger partial charge in [0, 0.05) is 10.4 Å². The van der Waals surface area contributed by atoms with Gasteiger partial charge in [-0.3, -0.25) is 10.1 Å². The Labute approximate surface area is 152 Å². The van der Waals surface area contributed by atoms with Crippen molar-refractivity contribution in [2.75, 3.05) is 6.61 Å². The first-order chi connectivity index (χ1) is 11.7. The van der Waals surface area contributed by atoms with Gasteiger partial charge in [-0.25, -0.2) is 9.59 Å². The van der Waals surface area contributed by atoms with Crippen LogP contribution in [0, 0.1) is 5.92 Å². The Bertz CT molecular complexity index is 661. The minimum absolute atomic E-state index is 0.451. The molecular formula is C18H26N2O4S. The summed E-state index contributed by atoms with van der Waals surface area (Å²) in [6.45, 7) is 7.12. The molecule has 1 aliphatic carbocycles. The van der Waals surface area contributed by atoms with Gasteiger partial charge in [-0.15, -0.1) is 11.3 Å². The summed E-state index contributed by atoms with van der Waals surface area (Å²) in [5.74, 6) is -0.487. The van der Waals surface area contributed by atoms with Crippen LogP contribution < -0.4 is 10.6 Å². The largest absolute Gasteiger partial charge is 0.451 e. The van der Waals surface area contributed by atoms with Crippen molar-refractivity contribution >= 4 is 29.2 Å². The fraction of sp³-hybridized carbons (Fsp3) is 0.611. The zero-order valence-corrected chi connectivity index (χ0v) is 16.0. The molecule has 2 rings (SSSR count). The monoisotopic (exact) mass is 366 g/mol. The molecule has 6 nitrogen and oxygen atoms in total. The van der Waals surface area contributed by atoms with Gasteiger partial charge in [0.25, 0.3) is 5.91 Å². The molecule has 0 bridgehead atoms. The summed E-state index contributed by atoms with van der Waals surface area (Å²) in [5.41, 5.74) is 0.775. The number of thiophene rings is 1. The standard InChI is InChI=1S/C18H26N2O4S/c1-5-11-6-7-13-12(8-11)9-14(25-13)16(22)24-10-15(21)19-17(23)20-18(2,3)4/h9,11H,5-8,10H2,1-4H3,(H2,19,20,21,23)/t11-/m1/s1. The molecule has 0 saturated heterocycles. The molecule has 0 fully saturated rings. The van der Waals surface area contributed by atoms with Crippen molar-refractivity contribution in [1.29, 1.82) is 0 Å². The van der Waals surface area contributed by atoms with Crippen LogP contribution in [-0.4, -0.2) is 30.1 Å². The summed E-state index contributed by atoms with van der Waals surface area (Å²) in [6, 6.07) is 1.28. The van der Waals surface area contributed by atoms with E-state index >= 15 is 0 Å². The van der Waals surface area contributed by atoms with E-state index in [2.05, 4.69) is 17.6 Å². The zero-order chi connectivity index (χ0) is 18.6. The molecule has 0 aromatic carbocycles. The van der Waals surface area contributed by atoms with E-state index in [4.69, 9.17) is 4.74 Å². The molecule has 1 heterocycles. The first kappa shape index (κ1) is 19.4. The van der Waals surface area contributed by atoms with Crippen LogP contribution in [0.2, 0.25) is 0 Å². The van der Waals surface area contributed by atoms with Gasteiger partial charge >= 0.3 is 12.0 Å². The van der Waals surface area contributed by atoms with Crippen LogP contribution in [-0.2, 0) is 22.4 Å². The lowest BCUT2D eigenvalue weighted by molar-refractivity contribution is -0.123. The highest BCUT2D eigenvalue weighted by Crippen LogP contribution is 2.33. The van der Waals surface area contributed by atoms with Crippen LogP contribution in [0.25, 0.3) is 0 Å². The summed E-state index contributed by atoms with van der Waals surface area (Å²) in [6.07, 6.45) is 4.30. The lowest BCUT2D eigenvalue weighted by atomic mass is 9.87. The molecule has 1 aromatic heterocycles. The Morgan fingerprint density at radius 1 is 1.32 bits per heavy atom. The maximum atomic E-state index is 12.1. The third-order valence-corrected chi connectivity index (χ3v) is 5.26. The second-order valence-corrected chi connectivity index (χ2v) is 8.54. The van der Waals surface area contributed by atoms with Gasteiger partial charge in [-0.05, 0) is 57.6 Å². The van der Waals surface area contributed by atoms with Crippen molar-refractivity contribution in [3.8, 4) is 0 Å². The van der Waals surface area contributed by atoms with E-state index in [1.165, 1.54) is 21.8 Å². The average Bonchev–Trinajstić information content (AvgIpc) is 2.93. The normalized spacial score (nSPS) is 16.7. The number of imide groups is 1. The molecule has 1 aromatic rings. The summed E-state index contributed by atoms with van der Waals surface area (Å²) in [7, 11) is 0. The minimum atomic E-state index is -0.650. The number of carbonyl (C=O) groups is 3. The number of rotatable bonds is 4. The molecule has 0 spiro atoms. The highest BCUT2D eigenvalue weighted by molar-refractivity contribution is 7.14. The maximum absolute atomic E-state index is 12.1. The van der Waals surface area contributed by atoms with Crippen molar-refractivity contribution < 1.29 is 19.1 Å². The third kappa shape index (κ3) is 5.85. The Kier molecular flexibility index (Phi) is 6.21. The van der Waals surface area contributed by atoms with Crippen molar-refractivity contribution in [2.24, 2.45) is 5.92 Å². The van der Waals surface area contributed by atoms with E-state index in [9.17, 15) is 14.4 Å². The SMILES string of the molecule is CC[C@@H]1CCc2sc(C(=O)OCC(=O)NC(=O)NC(C)(C)C)cc2C1. The molecule has 138 valence electrons. The van der Waals surface area contributed by atoms with Gasteiger partial charge in [0.2, 0.25) is 0 Å². The van der Waals surface area contributed by atoms with Gasteiger partial charge in [0.15, 0.2) is 6.61 Å². The summed E-state index contributed by atoms with van der Waals surface area (Å²) >= 11 is 1.44. The fourth-order valence-corrected chi connectivity index (χ4v) is 3.89. The van der Waals surface area contributed by atoms with Gasteiger partial charge in [-0.1, -0.05) is 13.3 Å². The van der Waals surface area contributed by atoms with Gasteiger partial charge < -0.3 is 10.1 Å². The lowest BCUT2D eigenvalue weighted by Crippen LogP contribution is -2.49. The third-order valence-electron chi connectivity index (χ3n) is 4.04. The highest BCUT2D eigenvalue weighted by atomic mass is 32.1. The van der Waals surface area contributed by atoms with Crippen LogP contribution >= 0.6 is 11.3 Å². The van der Waals surface area contributed by atoms with Gasteiger partial charge in [-0.2, -0.15) is 0 Å². The second kappa shape index (κ2) is 7.99. The summed E-state index contributed by atoms with van der Waals surface area (Å²) in [4.78, 5) is 37.2. The number of hydrogen-bond acceptors (Lipinski definition) is 5. The van der Waals surface area contributed by atoms with E-state index < -0.39 is 30.1 Å². The highest BCUT2D eigenvalue weighted by Gasteiger charge is 2.23. The molecule has 0 unspecified atom stereocenters. The quantitative estimate of drug-likeness (QED) is 0.802. The molecule has 0 aliphatic heterocycles. The number of aryl methyl sites for hydroxylation is 1. The number of carbonyl (C=O) groups excluding carboxylic acids is 3. The first-order valence-electron chi connectivity index (χ1n) is 8.58. The molecule has 1 atom stereocenters. The molecular weight excluding hydrogens is 340 g/mol. The zero-order valence-electron chi connectivity index (χ0n) is 15.2. The number of ether oxygens (including phenoxy) is 1. The predicted octanol–water partition coefficient (Wildman–Crippen LogP) is 3.04. The molecule has 2 N–H and O–H groups in total. The van der Waals surface area contributed by atoms with Gasteiger partial charge in [0.1, 0.15) is 4.88 Å². The first-order valence-corrected chi connectivity index (χ1v) is 9.40. The number of esters is 1. The van der Waals surface area contributed by atoms with E-state index in [1.54, 1.807) is 20.8 Å². The predicted molar refractivity (Wildman–Crippen MR) is 96.8 cm³/mol. The number of fused-ring (bicyclic) bond motifs is 1. The fourth-order valence-electron chi connectivity index (χ4n) is 2.78. The second-order valence-electron chi connectivity index (χ2n) is 7.40. The Balaban J connectivity index is 1.84. The average molecular weight is 366 g/mol. The maximum Gasteiger partial charge on any atom is 0.348 e.